The number of benzene rings is 1. The molecular weight excluding hydrogens is 352 g/mol. The van der Waals surface area contributed by atoms with Crippen LogP contribution in [0.5, 0.6) is 0 Å². The maximum atomic E-state index is 2.45. The topological polar surface area (TPSA) is 0 Å². The minimum absolute atomic E-state index is 0.181. The van der Waals surface area contributed by atoms with Gasteiger partial charge in [0.05, 0.1) is 5.41 Å². The van der Waals surface area contributed by atoms with Gasteiger partial charge in [0.1, 0.15) is 0 Å². The average molecular weight is 383 g/mol. The second-order valence-corrected chi connectivity index (χ2v) is 9.10. The van der Waals surface area contributed by atoms with Gasteiger partial charge in [0, 0.05) is 0 Å². The maximum absolute atomic E-state index is 2.45. The Morgan fingerprint density at radius 3 is 2.36 bits per heavy atom. The van der Waals surface area contributed by atoms with Gasteiger partial charge in [0.25, 0.3) is 0 Å². The number of allylic oxidation sites excluding steroid dienone is 12. The summed E-state index contributed by atoms with van der Waals surface area (Å²) in [6.07, 6.45) is 11.6. The number of fused-ring (bicyclic) bond motifs is 1. The van der Waals surface area contributed by atoms with Crippen molar-refractivity contribution >= 4 is 15.0 Å². The molecule has 1 unspecified atom stereocenters. The van der Waals surface area contributed by atoms with Gasteiger partial charge in [-0.3, -0.25) is 0 Å². The molecule has 4 rings (SSSR count). The molecule has 3 aliphatic rings. The summed E-state index contributed by atoms with van der Waals surface area (Å²) in [4.78, 5) is 0. The molecule has 0 saturated heterocycles. The molecule has 1 atom stereocenters. The largest absolute Gasteiger partial charge is 0.0657 e. The number of hydrogen-bond donors (Lipinski definition) is 0. The SMILES string of the molecule is CCC1=C(C)CC(C2(c3ccccc3)C(=[SiH2])C=CC=C3C2=CC(C)=C3C)=C1C. The number of rotatable bonds is 3. The molecule has 0 aliphatic heterocycles. The van der Waals surface area contributed by atoms with Crippen molar-refractivity contribution in [2.24, 2.45) is 0 Å². The van der Waals surface area contributed by atoms with Crippen LogP contribution in [0.15, 0.2) is 99.2 Å². The Kier molecular flexibility index (Phi) is 4.75. The van der Waals surface area contributed by atoms with Crippen LogP contribution in [0.2, 0.25) is 0 Å². The van der Waals surface area contributed by atoms with Crippen molar-refractivity contribution in [2.45, 2.75) is 52.9 Å². The second kappa shape index (κ2) is 6.97. The fourth-order valence-corrected chi connectivity index (χ4v) is 6.19. The molecule has 0 aromatic heterocycles. The third kappa shape index (κ3) is 2.53. The monoisotopic (exact) mass is 382 g/mol. The van der Waals surface area contributed by atoms with Crippen molar-refractivity contribution in [1.29, 1.82) is 0 Å². The van der Waals surface area contributed by atoms with E-state index in [0.717, 1.165) is 12.8 Å². The summed E-state index contributed by atoms with van der Waals surface area (Å²) in [6, 6.07) is 11.2. The van der Waals surface area contributed by atoms with E-state index < -0.39 is 0 Å². The molecule has 1 heteroatoms. The maximum Gasteiger partial charge on any atom is 0.0627 e. The first-order chi connectivity index (χ1) is 13.4. The van der Waals surface area contributed by atoms with Crippen molar-refractivity contribution in [1.82, 2.24) is 0 Å². The summed E-state index contributed by atoms with van der Waals surface area (Å²) < 4.78 is 0. The lowest BCUT2D eigenvalue weighted by Gasteiger charge is -2.40. The summed E-state index contributed by atoms with van der Waals surface area (Å²) in [6.45, 7) is 11.5. The van der Waals surface area contributed by atoms with Crippen LogP contribution in [-0.2, 0) is 5.41 Å². The van der Waals surface area contributed by atoms with Gasteiger partial charge in [-0.25, -0.2) is 0 Å². The predicted octanol–water partition coefficient (Wildman–Crippen LogP) is 5.95. The van der Waals surface area contributed by atoms with Crippen LogP contribution < -0.4 is 0 Å². The summed E-state index contributed by atoms with van der Waals surface area (Å²) in [7, 11) is 2.07. The van der Waals surface area contributed by atoms with Crippen LogP contribution in [0.4, 0.5) is 0 Å². The van der Waals surface area contributed by atoms with Gasteiger partial charge in [-0.15, -0.1) is 0 Å². The molecule has 1 aromatic carbocycles. The molecule has 0 nitrogen and oxygen atoms in total. The first-order valence-corrected chi connectivity index (χ1v) is 11.1. The van der Waals surface area contributed by atoms with Crippen LogP contribution in [0.25, 0.3) is 0 Å². The highest BCUT2D eigenvalue weighted by Gasteiger charge is 2.46. The third-order valence-electron chi connectivity index (χ3n) is 6.97. The van der Waals surface area contributed by atoms with Crippen molar-refractivity contribution in [3.63, 3.8) is 0 Å². The molecule has 1 aromatic rings. The summed E-state index contributed by atoms with van der Waals surface area (Å²) >= 11 is 0. The fraction of sp³-hybridized carbons (Fsp3) is 0.296. The van der Waals surface area contributed by atoms with Crippen LogP contribution in [0.1, 0.15) is 53.0 Å². The van der Waals surface area contributed by atoms with Gasteiger partial charge in [-0.2, -0.15) is 0 Å². The average Bonchev–Trinajstić information content (AvgIpc) is 3.08. The summed E-state index contributed by atoms with van der Waals surface area (Å²) in [5.41, 5.74) is 13.1. The van der Waals surface area contributed by atoms with Gasteiger partial charge in [-0.1, -0.05) is 72.3 Å². The van der Waals surface area contributed by atoms with Crippen LogP contribution in [0.3, 0.4) is 0 Å². The summed E-state index contributed by atoms with van der Waals surface area (Å²) in [5.74, 6) is 0. The Morgan fingerprint density at radius 1 is 1.00 bits per heavy atom. The molecule has 0 spiro atoms. The molecule has 0 saturated carbocycles. The van der Waals surface area contributed by atoms with E-state index in [4.69, 9.17) is 0 Å². The first-order valence-electron chi connectivity index (χ1n) is 10.4. The molecule has 0 heterocycles. The summed E-state index contributed by atoms with van der Waals surface area (Å²) in [5, 5.41) is 1.44. The lowest BCUT2D eigenvalue weighted by molar-refractivity contribution is 0.777. The van der Waals surface area contributed by atoms with Crippen molar-refractivity contribution < 1.29 is 0 Å². The molecule has 3 aliphatic carbocycles. The highest BCUT2D eigenvalue weighted by Crippen LogP contribution is 2.54. The van der Waals surface area contributed by atoms with E-state index in [0.29, 0.717) is 0 Å². The molecular formula is C27H30Si. The Balaban J connectivity index is 2.08. The standard InChI is InChI=1S/C27H30Si/c1-6-22-18(3)16-24(20(22)5)27(21-11-8-7-9-12-21)25-15-17(2)19(4)23(25)13-10-14-26(27)28/h7-15H,6,16,28H2,1-5H3. The molecule has 0 N–H and O–H groups in total. The van der Waals surface area contributed by atoms with E-state index in [1.54, 1.807) is 16.7 Å². The lowest BCUT2D eigenvalue weighted by atomic mass is 9.63. The van der Waals surface area contributed by atoms with Gasteiger partial charge in [0.2, 0.25) is 0 Å². The van der Waals surface area contributed by atoms with Crippen molar-refractivity contribution in [3.05, 3.63) is 105 Å². The number of hydrogen-bond acceptors (Lipinski definition) is 0. The minimum Gasteiger partial charge on any atom is -0.0657 e. The zero-order chi connectivity index (χ0) is 20.1. The zero-order valence-corrected chi connectivity index (χ0v) is 19.2. The van der Waals surface area contributed by atoms with Crippen molar-refractivity contribution in [3.8, 4) is 0 Å². The lowest BCUT2D eigenvalue weighted by Crippen LogP contribution is -2.40. The predicted molar refractivity (Wildman–Crippen MR) is 126 cm³/mol. The molecule has 0 amide bonds. The Hall–Kier alpha value is -2.25. The Morgan fingerprint density at radius 2 is 1.71 bits per heavy atom. The van der Waals surface area contributed by atoms with Gasteiger partial charge in [0.15, 0.2) is 0 Å². The molecule has 28 heavy (non-hydrogen) atoms. The van der Waals surface area contributed by atoms with Crippen LogP contribution in [0, 0.1) is 0 Å². The Bertz CT molecular complexity index is 1050. The van der Waals surface area contributed by atoms with Gasteiger partial charge < -0.3 is 0 Å². The van der Waals surface area contributed by atoms with Crippen LogP contribution in [-0.4, -0.2) is 15.0 Å². The van der Waals surface area contributed by atoms with E-state index in [2.05, 4.69) is 99.1 Å². The third-order valence-corrected chi connectivity index (χ3v) is 7.73. The van der Waals surface area contributed by atoms with E-state index >= 15 is 0 Å². The van der Waals surface area contributed by atoms with E-state index in [9.17, 15) is 0 Å². The second-order valence-electron chi connectivity index (χ2n) is 8.34. The highest BCUT2D eigenvalue weighted by atomic mass is 28.1. The van der Waals surface area contributed by atoms with Crippen LogP contribution >= 0.6 is 0 Å². The normalized spacial score (nSPS) is 24.7. The van der Waals surface area contributed by atoms with Gasteiger partial charge >= 0.3 is 0 Å². The Labute approximate surface area is 172 Å². The zero-order valence-electron chi connectivity index (χ0n) is 17.8. The molecule has 0 fully saturated rings. The fourth-order valence-electron chi connectivity index (χ4n) is 5.45. The van der Waals surface area contributed by atoms with Crippen molar-refractivity contribution in [2.75, 3.05) is 0 Å². The molecule has 0 bridgehead atoms. The highest BCUT2D eigenvalue weighted by molar-refractivity contribution is 6.46. The molecule has 142 valence electrons. The molecule has 0 radical (unpaired) electrons. The van der Waals surface area contributed by atoms with E-state index in [1.165, 1.54) is 38.6 Å². The first kappa shape index (κ1) is 19.1. The quantitative estimate of drug-likeness (QED) is 0.567. The smallest absolute Gasteiger partial charge is 0.0627 e. The van der Waals surface area contributed by atoms with Gasteiger partial charge in [-0.05, 0) is 95.0 Å². The minimum atomic E-state index is -0.181. The van der Waals surface area contributed by atoms with E-state index in [-0.39, 0.29) is 5.41 Å². The van der Waals surface area contributed by atoms with E-state index in [1.807, 2.05) is 0 Å².